The number of nitrogens with one attached hydrogen (secondary N) is 1. The fourth-order valence-electron chi connectivity index (χ4n) is 2.93. The summed E-state index contributed by atoms with van der Waals surface area (Å²) < 4.78 is 0. The van der Waals surface area contributed by atoms with E-state index in [1.165, 1.54) is 0 Å². The minimum Gasteiger partial charge on any atom is -0.396 e. The molecular weight excluding hydrogens is 312 g/mol. The minimum absolute atomic E-state index is 0.0562. The van der Waals surface area contributed by atoms with Crippen molar-refractivity contribution in [3.05, 3.63) is 65.2 Å². The third-order valence-corrected chi connectivity index (χ3v) is 4.51. The van der Waals surface area contributed by atoms with Gasteiger partial charge in [-0.3, -0.25) is 0 Å². The average molecular weight is 340 g/mol. The lowest BCUT2D eigenvalue weighted by Gasteiger charge is -2.30. The van der Waals surface area contributed by atoms with E-state index in [2.05, 4.69) is 12.2 Å². The van der Waals surface area contributed by atoms with Crippen molar-refractivity contribution in [3.8, 4) is 0 Å². The topological polar surface area (TPSA) is 52.6 Å². The minimum atomic E-state index is -0.131. The molecule has 0 heterocycles. The number of urea groups is 1. The molecule has 134 valence electrons. The molecule has 2 aromatic carbocycles. The molecule has 0 aromatic heterocycles. The molecule has 0 spiro atoms. The van der Waals surface area contributed by atoms with Crippen LogP contribution in [0.15, 0.2) is 48.5 Å². The maximum atomic E-state index is 13.0. The van der Waals surface area contributed by atoms with Crippen LogP contribution in [0.3, 0.4) is 0 Å². The van der Waals surface area contributed by atoms with Crippen molar-refractivity contribution in [2.75, 3.05) is 11.9 Å². The number of carbonyl (C=O) groups excluding carboxylic acids is 1. The van der Waals surface area contributed by atoms with Crippen LogP contribution in [0.5, 0.6) is 0 Å². The van der Waals surface area contributed by atoms with Crippen LogP contribution in [0, 0.1) is 6.92 Å². The van der Waals surface area contributed by atoms with E-state index in [4.69, 9.17) is 0 Å². The number of hydrogen-bond donors (Lipinski definition) is 2. The smallest absolute Gasteiger partial charge is 0.322 e. The van der Waals surface area contributed by atoms with Gasteiger partial charge in [-0.15, -0.1) is 0 Å². The van der Waals surface area contributed by atoms with E-state index in [-0.39, 0.29) is 18.7 Å². The maximum Gasteiger partial charge on any atom is 0.322 e. The van der Waals surface area contributed by atoms with Crippen molar-refractivity contribution in [1.29, 1.82) is 0 Å². The molecule has 0 radical (unpaired) electrons. The van der Waals surface area contributed by atoms with E-state index < -0.39 is 0 Å². The van der Waals surface area contributed by atoms with Gasteiger partial charge in [-0.1, -0.05) is 55.5 Å². The molecule has 0 saturated heterocycles. The first-order chi connectivity index (χ1) is 12.1. The van der Waals surface area contributed by atoms with E-state index in [0.717, 1.165) is 28.8 Å². The van der Waals surface area contributed by atoms with Crippen molar-refractivity contribution in [2.24, 2.45) is 0 Å². The number of aryl methyl sites for hydroxylation is 2. The summed E-state index contributed by atoms with van der Waals surface area (Å²) in [5, 5.41) is 12.4. The molecule has 0 aliphatic heterocycles. The first kappa shape index (κ1) is 19.0. The summed E-state index contributed by atoms with van der Waals surface area (Å²) in [6, 6.07) is 15.8. The van der Waals surface area contributed by atoms with E-state index >= 15 is 0 Å². The van der Waals surface area contributed by atoms with Crippen LogP contribution < -0.4 is 5.32 Å². The molecule has 0 aliphatic carbocycles. The van der Waals surface area contributed by atoms with Gasteiger partial charge in [0, 0.05) is 24.9 Å². The predicted molar refractivity (Wildman–Crippen MR) is 103 cm³/mol. The summed E-state index contributed by atoms with van der Waals surface area (Å²) in [7, 11) is 0. The van der Waals surface area contributed by atoms with Gasteiger partial charge in [0.15, 0.2) is 0 Å². The van der Waals surface area contributed by atoms with E-state index in [1.807, 2.05) is 62.4 Å². The Hall–Kier alpha value is -2.33. The zero-order valence-electron chi connectivity index (χ0n) is 15.3. The van der Waals surface area contributed by atoms with Crippen molar-refractivity contribution in [2.45, 2.75) is 46.2 Å². The summed E-state index contributed by atoms with van der Waals surface area (Å²) in [6.45, 7) is 6.64. The number of rotatable bonds is 7. The standard InChI is InChI=1S/C21H28N2O2/c1-4-19-12-8-9-16(2)20(19)22-21(25)23(17(3)13-14-24)15-18-10-6-5-7-11-18/h5-12,17,24H,4,13-15H2,1-3H3,(H,22,25). The lowest BCUT2D eigenvalue weighted by Crippen LogP contribution is -2.41. The Bertz CT molecular complexity index is 686. The van der Waals surface area contributed by atoms with Crippen LogP contribution >= 0.6 is 0 Å². The van der Waals surface area contributed by atoms with Gasteiger partial charge in [0.1, 0.15) is 0 Å². The molecular formula is C21H28N2O2. The summed E-state index contributed by atoms with van der Waals surface area (Å²) in [5.74, 6) is 0. The first-order valence-corrected chi connectivity index (χ1v) is 8.87. The fourth-order valence-corrected chi connectivity index (χ4v) is 2.93. The number of nitrogens with zero attached hydrogens (tertiary/aromatic N) is 1. The average Bonchev–Trinajstić information content (AvgIpc) is 2.62. The molecule has 4 nitrogen and oxygen atoms in total. The summed E-state index contributed by atoms with van der Waals surface area (Å²) in [6.07, 6.45) is 1.41. The second-order valence-electron chi connectivity index (χ2n) is 6.37. The molecule has 1 unspecified atom stereocenters. The van der Waals surface area contributed by atoms with Gasteiger partial charge >= 0.3 is 6.03 Å². The van der Waals surface area contributed by atoms with Gasteiger partial charge in [-0.05, 0) is 43.4 Å². The summed E-state index contributed by atoms with van der Waals surface area (Å²) in [5.41, 5.74) is 4.15. The number of hydrogen-bond acceptors (Lipinski definition) is 2. The van der Waals surface area contributed by atoms with Crippen LogP contribution in [-0.4, -0.2) is 28.7 Å². The number of aliphatic hydroxyl groups is 1. The number of carbonyl (C=O) groups is 1. The number of para-hydroxylation sites is 1. The van der Waals surface area contributed by atoms with Gasteiger partial charge < -0.3 is 15.3 Å². The summed E-state index contributed by atoms with van der Waals surface area (Å²) >= 11 is 0. The highest BCUT2D eigenvalue weighted by Gasteiger charge is 2.21. The monoisotopic (exact) mass is 340 g/mol. The van der Waals surface area contributed by atoms with Gasteiger partial charge in [-0.2, -0.15) is 0 Å². The number of amides is 2. The zero-order chi connectivity index (χ0) is 18.2. The molecule has 2 amide bonds. The molecule has 0 fully saturated rings. The lowest BCUT2D eigenvalue weighted by molar-refractivity contribution is 0.169. The van der Waals surface area contributed by atoms with Crippen molar-refractivity contribution < 1.29 is 9.90 Å². The highest BCUT2D eigenvalue weighted by Crippen LogP contribution is 2.22. The van der Waals surface area contributed by atoms with Gasteiger partial charge in [0.2, 0.25) is 0 Å². The number of benzene rings is 2. The van der Waals surface area contributed by atoms with Gasteiger partial charge in [0.05, 0.1) is 0 Å². The summed E-state index contributed by atoms with van der Waals surface area (Å²) in [4.78, 5) is 14.8. The fraction of sp³-hybridized carbons (Fsp3) is 0.381. The van der Waals surface area contributed by atoms with E-state index in [9.17, 15) is 9.90 Å². The van der Waals surface area contributed by atoms with Crippen molar-refractivity contribution >= 4 is 11.7 Å². The normalized spacial score (nSPS) is 11.8. The predicted octanol–water partition coefficient (Wildman–Crippen LogP) is 4.36. The van der Waals surface area contributed by atoms with Crippen LogP contribution in [0.25, 0.3) is 0 Å². The second-order valence-corrected chi connectivity index (χ2v) is 6.37. The molecule has 2 N–H and O–H groups in total. The van der Waals surface area contributed by atoms with E-state index in [0.29, 0.717) is 13.0 Å². The largest absolute Gasteiger partial charge is 0.396 e. The first-order valence-electron chi connectivity index (χ1n) is 8.87. The van der Waals surface area contributed by atoms with Crippen molar-refractivity contribution in [1.82, 2.24) is 4.90 Å². The lowest BCUT2D eigenvalue weighted by atomic mass is 10.1. The molecule has 2 rings (SSSR count). The Kier molecular flexibility index (Phi) is 7.02. The zero-order valence-corrected chi connectivity index (χ0v) is 15.3. The number of aliphatic hydroxyl groups excluding tert-OH is 1. The molecule has 25 heavy (non-hydrogen) atoms. The van der Waals surface area contributed by atoms with Crippen LogP contribution in [-0.2, 0) is 13.0 Å². The van der Waals surface area contributed by atoms with Crippen LogP contribution in [0.1, 0.15) is 37.0 Å². The highest BCUT2D eigenvalue weighted by atomic mass is 16.3. The Balaban J connectivity index is 2.23. The molecule has 2 aromatic rings. The second kappa shape index (κ2) is 9.23. The molecule has 0 aliphatic rings. The van der Waals surface area contributed by atoms with Crippen molar-refractivity contribution in [3.63, 3.8) is 0 Å². The molecule has 4 heteroatoms. The van der Waals surface area contributed by atoms with Gasteiger partial charge in [0.25, 0.3) is 0 Å². The van der Waals surface area contributed by atoms with E-state index in [1.54, 1.807) is 4.90 Å². The molecule has 0 saturated carbocycles. The Labute approximate surface area is 150 Å². The molecule has 1 atom stereocenters. The SMILES string of the molecule is CCc1cccc(C)c1NC(=O)N(Cc1ccccc1)C(C)CCO. The number of anilines is 1. The third-order valence-electron chi connectivity index (χ3n) is 4.51. The Morgan fingerprint density at radius 2 is 1.88 bits per heavy atom. The third kappa shape index (κ3) is 5.07. The molecule has 0 bridgehead atoms. The Morgan fingerprint density at radius 3 is 2.52 bits per heavy atom. The van der Waals surface area contributed by atoms with Crippen LogP contribution in [0.4, 0.5) is 10.5 Å². The Morgan fingerprint density at radius 1 is 1.16 bits per heavy atom. The van der Waals surface area contributed by atoms with Gasteiger partial charge in [-0.25, -0.2) is 4.79 Å². The maximum absolute atomic E-state index is 13.0. The van der Waals surface area contributed by atoms with Crippen LogP contribution in [0.2, 0.25) is 0 Å². The quantitative estimate of drug-likeness (QED) is 0.787. The highest BCUT2D eigenvalue weighted by molar-refractivity contribution is 5.91.